The van der Waals surface area contributed by atoms with Gasteiger partial charge in [-0.2, -0.15) is 18.3 Å². The molecule has 10 nitrogen and oxygen atoms in total. The van der Waals surface area contributed by atoms with Crippen molar-refractivity contribution in [3.05, 3.63) is 71.6 Å². The first-order valence-corrected chi connectivity index (χ1v) is 14.8. The van der Waals surface area contributed by atoms with Gasteiger partial charge in [0.25, 0.3) is 5.91 Å². The number of halogens is 3. The number of amides is 2. The molecule has 1 saturated carbocycles. The minimum atomic E-state index is -4.57. The molecule has 0 saturated heterocycles. The van der Waals surface area contributed by atoms with Gasteiger partial charge in [0.15, 0.2) is 0 Å². The van der Waals surface area contributed by atoms with Crippen LogP contribution in [0.4, 0.5) is 24.8 Å². The van der Waals surface area contributed by atoms with E-state index in [-0.39, 0.29) is 35.2 Å². The Bertz CT molecular complexity index is 1770. The molecular formula is C32H32F3N7O3. The minimum absolute atomic E-state index is 0.00546. The Morgan fingerprint density at radius 1 is 1.09 bits per heavy atom. The van der Waals surface area contributed by atoms with Crippen LogP contribution in [0.5, 0.6) is 0 Å². The van der Waals surface area contributed by atoms with E-state index in [1.165, 1.54) is 0 Å². The number of benzene rings is 1. The van der Waals surface area contributed by atoms with Gasteiger partial charge in [0, 0.05) is 41.5 Å². The molecule has 1 fully saturated rings. The quantitative estimate of drug-likeness (QED) is 0.237. The van der Waals surface area contributed by atoms with Gasteiger partial charge in [-0.15, -0.1) is 0 Å². The number of nitrogens with zero attached hydrogens (tertiary/aromatic N) is 4. The number of pyridine rings is 2. The van der Waals surface area contributed by atoms with Gasteiger partial charge < -0.3 is 21.5 Å². The Kier molecular flexibility index (Phi) is 8.28. The lowest BCUT2D eigenvalue weighted by molar-refractivity contribution is -0.137. The van der Waals surface area contributed by atoms with E-state index in [1.807, 2.05) is 10.8 Å². The van der Waals surface area contributed by atoms with Gasteiger partial charge >= 0.3 is 6.18 Å². The number of carbonyl (C=O) groups excluding carboxylic acids is 2. The highest BCUT2D eigenvalue weighted by atomic mass is 19.4. The second-order valence-corrected chi connectivity index (χ2v) is 11.5. The van der Waals surface area contributed by atoms with Crippen LogP contribution in [0.15, 0.2) is 54.9 Å². The van der Waals surface area contributed by atoms with E-state index in [4.69, 9.17) is 10.8 Å². The second kappa shape index (κ2) is 12.3. The monoisotopic (exact) mass is 619 g/mol. The maximum atomic E-state index is 13.1. The van der Waals surface area contributed by atoms with Crippen molar-refractivity contribution >= 4 is 40.4 Å². The molecule has 5 N–H and O–H groups in total. The lowest BCUT2D eigenvalue weighted by Crippen LogP contribution is -2.39. The molecule has 4 aromatic rings. The first kappa shape index (κ1) is 30.3. The molecule has 2 amide bonds. The molecule has 0 unspecified atom stereocenters. The molecule has 1 aliphatic heterocycles. The average molecular weight is 620 g/mol. The van der Waals surface area contributed by atoms with Crippen LogP contribution in [-0.2, 0) is 11.0 Å². The highest BCUT2D eigenvalue weighted by Gasteiger charge is 2.31. The molecule has 1 aliphatic carbocycles. The fraction of sp³-hybridized carbons (Fsp3) is 0.344. The molecule has 45 heavy (non-hydrogen) atoms. The lowest BCUT2D eigenvalue weighted by atomic mass is 9.90. The zero-order valence-corrected chi connectivity index (χ0v) is 24.2. The number of anilines is 2. The Morgan fingerprint density at radius 3 is 2.67 bits per heavy atom. The molecule has 0 spiro atoms. The maximum Gasteiger partial charge on any atom is 0.416 e. The zero-order chi connectivity index (χ0) is 31.7. The molecule has 3 aromatic heterocycles. The summed E-state index contributed by atoms with van der Waals surface area (Å²) in [5.74, 6) is -0.598. The van der Waals surface area contributed by atoms with Crippen LogP contribution < -0.4 is 16.4 Å². The largest absolute Gasteiger partial charge is 0.416 e. The fourth-order valence-electron chi connectivity index (χ4n) is 6.05. The van der Waals surface area contributed by atoms with Crippen LogP contribution in [0.3, 0.4) is 0 Å². The third kappa shape index (κ3) is 6.53. The number of hydrogen-bond acceptors (Lipinski definition) is 7. The minimum Gasteiger partial charge on any atom is -0.389 e. The van der Waals surface area contributed by atoms with Crippen LogP contribution >= 0.6 is 0 Å². The van der Waals surface area contributed by atoms with E-state index in [1.54, 1.807) is 36.5 Å². The highest BCUT2D eigenvalue weighted by Crippen LogP contribution is 2.39. The van der Waals surface area contributed by atoms with Gasteiger partial charge in [0.2, 0.25) is 5.91 Å². The lowest BCUT2D eigenvalue weighted by Gasteiger charge is -2.30. The smallest absolute Gasteiger partial charge is 0.389 e. The molecule has 13 heteroatoms. The van der Waals surface area contributed by atoms with Crippen LogP contribution in [-0.4, -0.2) is 48.8 Å². The predicted molar refractivity (Wildman–Crippen MR) is 163 cm³/mol. The number of nitrogens with one attached hydrogen (secondary N) is 2. The van der Waals surface area contributed by atoms with Gasteiger partial charge in [-0.05, 0) is 62.8 Å². The van der Waals surface area contributed by atoms with Crippen molar-refractivity contribution in [2.24, 2.45) is 0 Å². The van der Waals surface area contributed by atoms with Gasteiger partial charge in [0.1, 0.15) is 17.3 Å². The third-order valence-corrected chi connectivity index (χ3v) is 8.29. The number of fused-ring (bicyclic) bond motifs is 3. The third-order valence-electron chi connectivity index (χ3n) is 8.29. The summed E-state index contributed by atoms with van der Waals surface area (Å²) in [5, 5.41) is 21.8. The van der Waals surface area contributed by atoms with E-state index in [0.29, 0.717) is 42.3 Å². The summed E-state index contributed by atoms with van der Waals surface area (Å²) < 4.78 is 41.2. The van der Waals surface area contributed by atoms with Crippen molar-refractivity contribution < 1.29 is 27.9 Å². The van der Waals surface area contributed by atoms with E-state index in [2.05, 4.69) is 20.6 Å². The van der Waals surface area contributed by atoms with Crippen molar-refractivity contribution in [1.29, 1.82) is 0 Å². The number of carbonyl (C=O) groups is 2. The SMILES string of the molecule is Nc1ncc2c3c1c(-c1ccc(C(=O)Nc4cc(C(F)(F)F)ccn4)cc1)nn3[C@@H]1CCC[C@H](C1)NC(=O)CCC[C@H](O)/C=C/2. The van der Waals surface area contributed by atoms with Gasteiger partial charge in [-0.25, -0.2) is 9.97 Å². The van der Waals surface area contributed by atoms with Crippen molar-refractivity contribution in [3.8, 4) is 11.3 Å². The van der Waals surface area contributed by atoms with E-state index in [9.17, 15) is 27.9 Å². The van der Waals surface area contributed by atoms with E-state index in [0.717, 1.165) is 48.7 Å². The first-order chi connectivity index (χ1) is 21.6. The predicted octanol–water partition coefficient (Wildman–Crippen LogP) is 5.50. The first-order valence-electron chi connectivity index (χ1n) is 14.8. The molecule has 3 atom stereocenters. The molecule has 0 radical (unpaired) electrons. The second-order valence-electron chi connectivity index (χ2n) is 11.5. The van der Waals surface area contributed by atoms with Crippen LogP contribution in [0.2, 0.25) is 0 Å². The van der Waals surface area contributed by atoms with Crippen LogP contribution in [0, 0.1) is 0 Å². The number of nitrogen functional groups attached to an aromatic ring is 1. The molecule has 2 aliphatic rings. The van der Waals surface area contributed by atoms with Gasteiger partial charge in [-0.1, -0.05) is 24.3 Å². The Labute approximate surface area is 256 Å². The number of aliphatic hydroxyl groups excluding tert-OH is 1. The fourth-order valence-corrected chi connectivity index (χ4v) is 6.05. The van der Waals surface area contributed by atoms with Crippen molar-refractivity contribution in [2.45, 2.75) is 69.3 Å². The number of rotatable bonds is 3. The highest BCUT2D eigenvalue weighted by molar-refractivity contribution is 6.06. The van der Waals surface area contributed by atoms with E-state index < -0.39 is 23.8 Å². The maximum absolute atomic E-state index is 13.1. The summed E-state index contributed by atoms with van der Waals surface area (Å²) in [6, 6.07) is 8.05. The summed E-state index contributed by atoms with van der Waals surface area (Å²) in [5.41, 5.74) is 8.44. The van der Waals surface area contributed by atoms with Crippen LogP contribution in [0.25, 0.3) is 28.2 Å². The van der Waals surface area contributed by atoms with Crippen molar-refractivity contribution in [3.63, 3.8) is 0 Å². The number of aromatic nitrogens is 4. The number of hydrogen-bond donors (Lipinski definition) is 4. The Hall–Kier alpha value is -4.78. The van der Waals surface area contributed by atoms with E-state index >= 15 is 0 Å². The standard InChI is InChI=1S/C32H32F3N7O3/c33-32(34,35)21-13-14-37-25(15-21)40-31(45)19-9-7-18(8-10-19)28-27-29-20(17-38-30(27)36)11-12-24(43)5-2-6-26(44)39-22-3-1-4-23(16-22)42(29)41-28/h7-15,17,22-24,43H,1-6,16H2,(H2,36,38)(H,39,44)(H,37,40,45)/b12-11+/t22-,23-,24+/m1/s1. The number of aliphatic hydroxyl groups is 1. The molecule has 2 bridgehead atoms. The number of nitrogens with two attached hydrogens (primary N) is 1. The Balaban J connectivity index is 1.37. The van der Waals surface area contributed by atoms with Crippen molar-refractivity contribution in [2.75, 3.05) is 11.1 Å². The zero-order valence-electron chi connectivity index (χ0n) is 24.2. The summed E-state index contributed by atoms with van der Waals surface area (Å²) in [4.78, 5) is 33.7. The summed E-state index contributed by atoms with van der Waals surface area (Å²) >= 11 is 0. The summed E-state index contributed by atoms with van der Waals surface area (Å²) in [7, 11) is 0. The molecular weight excluding hydrogens is 587 g/mol. The topological polar surface area (TPSA) is 148 Å². The Morgan fingerprint density at radius 2 is 1.89 bits per heavy atom. The molecule has 1 aromatic carbocycles. The van der Waals surface area contributed by atoms with Crippen LogP contribution in [0.1, 0.15) is 72.5 Å². The number of alkyl halides is 3. The average Bonchev–Trinajstić information content (AvgIpc) is 3.42. The molecule has 4 heterocycles. The summed E-state index contributed by atoms with van der Waals surface area (Å²) in [6.45, 7) is 0. The molecule has 234 valence electrons. The summed E-state index contributed by atoms with van der Waals surface area (Å²) in [6.07, 6.45) is 5.50. The van der Waals surface area contributed by atoms with Gasteiger partial charge in [-0.3, -0.25) is 14.3 Å². The normalized spacial score (nSPS) is 21.5. The van der Waals surface area contributed by atoms with Crippen molar-refractivity contribution in [1.82, 2.24) is 25.1 Å². The van der Waals surface area contributed by atoms with Gasteiger partial charge in [0.05, 0.1) is 28.6 Å². The molecule has 6 rings (SSSR count).